The first kappa shape index (κ1) is 45.6. The smallest absolute Gasteiger partial charge is 0.399 e. The number of benzene rings is 6. The number of hydrogen-bond acceptors (Lipinski definition) is 5. The number of quaternary nitrogens is 1. The molecule has 2 heterocycles. The Labute approximate surface area is 384 Å². The summed E-state index contributed by atoms with van der Waals surface area (Å²) >= 11 is 0. The van der Waals surface area contributed by atoms with Crippen molar-refractivity contribution in [2.24, 2.45) is 0 Å². The average Bonchev–Trinajstić information content (AvgIpc) is 3.61. The van der Waals surface area contributed by atoms with Gasteiger partial charge in [0.1, 0.15) is 17.1 Å². The maximum atomic E-state index is 6.39. The fraction of sp³-hybridized carbons (Fsp3) is 0.357. The summed E-state index contributed by atoms with van der Waals surface area (Å²) in [6.07, 6.45) is 0. The molecule has 330 valence electrons. The Kier molecular flexibility index (Phi) is 11.7. The Bertz CT molecular complexity index is 2340. The summed E-state index contributed by atoms with van der Waals surface area (Å²) in [6, 6.07) is 53.2. The molecule has 8 heteroatoms. The molecule has 2 saturated heterocycles. The average molecular weight is 854 g/mol. The summed E-state index contributed by atoms with van der Waals surface area (Å²) in [4.78, 5) is 3.50. The van der Waals surface area contributed by atoms with Crippen molar-refractivity contribution in [1.82, 2.24) is 0 Å². The van der Waals surface area contributed by atoms with Crippen LogP contribution < -0.4 is 20.7 Å². The van der Waals surface area contributed by atoms with E-state index in [1.807, 2.05) is 0 Å². The lowest BCUT2D eigenvalue weighted by Gasteiger charge is -2.32. The van der Waals surface area contributed by atoms with Gasteiger partial charge in [0, 0.05) is 41.3 Å². The van der Waals surface area contributed by atoms with Crippen LogP contribution in [0.25, 0.3) is 11.1 Å². The predicted molar refractivity (Wildman–Crippen MR) is 268 cm³/mol. The molecule has 0 aromatic heterocycles. The summed E-state index contributed by atoms with van der Waals surface area (Å²) in [6.45, 7) is 30.3. The molecule has 0 aliphatic carbocycles. The lowest BCUT2D eigenvalue weighted by molar-refractivity contribution is -0.681. The third kappa shape index (κ3) is 9.01. The molecule has 6 aromatic rings. The van der Waals surface area contributed by atoms with Crippen molar-refractivity contribution in [2.75, 3.05) is 4.90 Å². The first-order chi connectivity index (χ1) is 29.9. The van der Waals surface area contributed by atoms with E-state index in [-0.39, 0.29) is 10.8 Å². The van der Waals surface area contributed by atoms with Crippen LogP contribution in [0.2, 0.25) is 0 Å². The lowest BCUT2D eigenvalue weighted by atomic mass is 9.79. The molecule has 0 radical (unpaired) electrons. The molecule has 1 N–H and O–H groups in total. The number of nitrogens with one attached hydrogen (secondary N) is 1. The highest BCUT2D eigenvalue weighted by atomic mass is 16.7. The van der Waals surface area contributed by atoms with Crippen molar-refractivity contribution < 1.29 is 23.5 Å². The molecule has 0 saturated carbocycles. The van der Waals surface area contributed by atoms with E-state index in [1.54, 1.807) is 0 Å². The summed E-state index contributed by atoms with van der Waals surface area (Å²) in [5.41, 5.74) is 12.1. The summed E-state index contributed by atoms with van der Waals surface area (Å²) in [7, 11) is -0.826. The molecule has 1 unspecified atom stereocenters. The number of anilines is 3. The van der Waals surface area contributed by atoms with Crippen LogP contribution in [0.15, 0.2) is 146 Å². The van der Waals surface area contributed by atoms with Crippen LogP contribution in [0.5, 0.6) is 0 Å². The van der Waals surface area contributed by atoms with Gasteiger partial charge in [-0.25, -0.2) is 4.90 Å². The minimum atomic E-state index is -0.417. The highest BCUT2D eigenvalue weighted by Crippen LogP contribution is 2.40. The van der Waals surface area contributed by atoms with E-state index in [0.29, 0.717) is 0 Å². The Morgan fingerprint density at radius 3 is 0.953 bits per heavy atom. The van der Waals surface area contributed by atoms with Crippen LogP contribution in [0.3, 0.4) is 0 Å². The normalized spacial score (nSPS) is 18.3. The van der Waals surface area contributed by atoms with Crippen molar-refractivity contribution in [1.29, 1.82) is 0 Å². The van der Waals surface area contributed by atoms with Gasteiger partial charge in [0.2, 0.25) is 0 Å². The standard InChI is InChI=1S/C56H66B2N2O4/c1-51(2,3)41-19-31-47(32-20-41)59(49-35-23-43(24-36-49)57-61-53(7,8)54(9,10)62-57)45-27-15-39(16-28-45)40-17-29-46(30-18-40)60(48-33-21-42(22-34-48)52(4,5)6)50-37-25-44(26-38-50)58-63-55(11,12)56(13,14)64-58/h15-38H,1-14H3/p+1. The van der Waals surface area contributed by atoms with Crippen molar-refractivity contribution in [3.63, 3.8) is 0 Å². The van der Waals surface area contributed by atoms with Crippen molar-refractivity contribution in [3.05, 3.63) is 157 Å². The maximum absolute atomic E-state index is 6.39. The highest BCUT2D eigenvalue weighted by Gasteiger charge is 2.52. The largest absolute Gasteiger partial charge is 0.494 e. The molecule has 0 amide bonds. The van der Waals surface area contributed by atoms with Crippen molar-refractivity contribution in [2.45, 2.75) is 130 Å². The van der Waals surface area contributed by atoms with E-state index in [4.69, 9.17) is 18.6 Å². The SMILES string of the molecule is CC(C)(C)c1ccc(N(c2ccc(B3OC(C)(C)C(C)(C)O3)cc2)c2ccc(-c3ccc([NH+](c4ccc(B5OC(C)(C)C(C)(C)O5)cc4)c4ccc(C(C)(C)C)cc4)cc3)cc2)cc1. The zero-order valence-corrected chi connectivity index (χ0v) is 40.6. The van der Waals surface area contributed by atoms with Gasteiger partial charge in [-0.3, -0.25) is 0 Å². The van der Waals surface area contributed by atoms with E-state index in [9.17, 15) is 0 Å². The van der Waals surface area contributed by atoms with Gasteiger partial charge in [-0.15, -0.1) is 0 Å². The Morgan fingerprint density at radius 2 is 0.609 bits per heavy atom. The molecule has 2 fully saturated rings. The Balaban J connectivity index is 1.09. The number of hydrogen-bond donors (Lipinski definition) is 1. The Morgan fingerprint density at radius 1 is 0.359 bits per heavy atom. The topological polar surface area (TPSA) is 44.6 Å². The molecule has 2 aliphatic rings. The van der Waals surface area contributed by atoms with Gasteiger partial charge in [-0.1, -0.05) is 102 Å². The molecule has 8 rings (SSSR count). The van der Waals surface area contributed by atoms with Gasteiger partial charge >= 0.3 is 14.2 Å². The minimum Gasteiger partial charge on any atom is -0.399 e. The molecule has 6 aromatic carbocycles. The third-order valence-electron chi connectivity index (χ3n) is 14.1. The fourth-order valence-electron chi connectivity index (χ4n) is 8.37. The first-order valence-electron chi connectivity index (χ1n) is 22.9. The third-order valence-corrected chi connectivity index (χ3v) is 14.1. The second kappa shape index (κ2) is 16.5. The molecule has 0 bridgehead atoms. The van der Waals surface area contributed by atoms with Crippen LogP contribution in [0.1, 0.15) is 108 Å². The van der Waals surface area contributed by atoms with Gasteiger partial charge < -0.3 is 23.5 Å². The fourth-order valence-corrected chi connectivity index (χ4v) is 8.37. The van der Waals surface area contributed by atoms with E-state index >= 15 is 0 Å². The summed E-state index contributed by atoms with van der Waals surface area (Å²) < 4.78 is 25.6. The van der Waals surface area contributed by atoms with Gasteiger partial charge in [0.15, 0.2) is 0 Å². The van der Waals surface area contributed by atoms with Crippen LogP contribution >= 0.6 is 0 Å². The second-order valence-electron chi connectivity index (χ2n) is 21.8. The minimum absolute atomic E-state index is 0.0558. The number of nitrogens with zero attached hydrogens (tertiary/aromatic N) is 1. The van der Waals surface area contributed by atoms with Gasteiger partial charge in [0.05, 0.1) is 22.4 Å². The zero-order chi connectivity index (χ0) is 46.0. The molecule has 0 spiro atoms. The summed E-state index contributed by atoms with van der Waals surface area (Å²) in [5.74, 6) is 0. The summed E-state index contributed by atoms with van der Waals surface area (Å²) in [5, 5.41) is 0. The lowest BCUT2D eigenvalue weighted by Crippen LogP contribution is -2.96. The van der Waals surface area contributed by atoms with Crippen LogP contribution in [-0.2, 0) is 29.4 Å². The van der Waals surface area contributed by atoms with Gasteiger partial charge in [-0.2, -0.15) is 0 Å². The van der Waals surface area contributed by atoms with E-state index in [1.165, 1.54) is 21.7 Å². The first-order valence-corrected chi connectivity index (χ1v) is 22.9. The maximum Gasteiger partial charge on any atom is 0.494 e. The molecule has 6 nitrogen and oxygen atoms in total. The molecule has 2 aliphatic heterocycles. The molecular formula is C56H67B2N2O4+. The van der Waals surface area contributed by atoms with E-state index in [2.05, 4.69) is 247 Å². The van der Waals surface area contributed by atoms with Gasteiger partial charge in [-0.05, 0) is 160 Å². The van der Waals surface area contributed by atoms with E-state index < -0.39 is 36.6 Å². The van der Waals surface area contributed by atoms with Gasteiger partial charge in [0.25, 0.3) is 0 Å². The van der Waals surface area contributed by atoms with Crippen molar-refractivity contribution >= 4 is 59.3 Å². The molecule has 64 heavy (non-hydrogen) atoms. The van der Waals surface area contributed by atoms with E-state index in [0.717, 1.165) is 50.5 Å². The predicted octanol–water partition coefficient (Wildman–Crippen LogP) is 12.2. The monoisotopic (exact) mass is 854 g/mol. The molecule has 1 atom stereocenters. The zero-order valence-electron chi connectivity index (χ0n) is 40.6. The quantitative estimate of drug-likeness (QED) is 0.147. The number of rotatable bonds is 9. The van der Waals surface area contributed by atoms with Crippen LogP contribution in [0, 0.1) is 0 Å². The van der Waals surface area contributed by atoms with Crippen LogP contribution in [0.4, 0.5) is 34.1 Å². The second-order valence-corrected chi connectivity index (χ2v) is 21.8. The van der Waals surface area contributed by atoms with Crippen LogP contribution in [-0.4, -0.2) is 36.6 Å². The molecular weight excluding hydrogens is 786 g/mol. The highest BCUT2D eigenvalue weighted by molar-refractivity contribution is 6.62. The Hall–Kier alpha value is -4.95. The van der Waals surface area contributed by atoms with Crippen molar-refractivity contribution in [3.8, 4) is 11.1 Å².